The number of benzene rings is 2. The normalized spacial score (nSPS) is 12.8. The number of aliphatic hydroxyl groups is 1. The molecule has 0 saturated carbocycles. The second-order valence-electron chi connectivity index (χ2n) is 5.81. The molecule has 0 aromatic heterocycles. The first kappa shape index (κ1) is 19.4. The van der Waals surface area contributed by atoms with Crippen molar-refractivity contribution >= 4 is 11.9 Å². The summed E-state index contributed by atoms with van der Waals surface area (Å²) in [6.45, 7) is -0.112. The quantitative estimate of drug-likeness (QED) is 0.523. The topological polar surface area (TPSA) is 122 Å². The summed E-state index contributed by atoms with van der Waals surface area (Å²) < 4.78 is 5.68. The number of aliphatic carboxylic acids is 1. The molecule has 0 radical (unpaired) electrons. The average Bonchev–Trinajstić information content (AvgIpc) is 2.66. The number of carbonyl (C=O) groups is 2. The van der Waals surface area contributed by atoms with Gasteiger partial charge in [-0.05, 0) is 23.3 Å². The van der Waals surface area contributed by atoms with Gasteiger partial charge in [0, 0.05) is 6.42 Å². The molecule has 2 aromatic rings. The van der Waals surface area contributed by atoms with E-state index in [1.807, 2.05) is 30.3 Å². The molecule has 138 valence electrons. The van der Waals surface area contributed by atoms with Crippen LogP contribution in [0.4, 0.5) is 0 Å². The molecular weight excluding hydrogens is 336 g/mol. The van der Waals surface area contributed by atoms with Crippen LogP contribution in [0.1, 0.15) is 11.1 Å². The number of carboxylic acid groups (broad SMARTS) is 1. The van der Waals surface area contributed by atoms with Crippen LogP contribution in [0.3, 0.4) is 0 Å². The molecule has 0 aliphatic heterocycles. The summed E-state index contributed by atoms with van der Waals surface area (Å²) in [5, 5.41) is 20.4. The van der Waals surface area contributed by atoms with E-state index in [4.69, 9.17) is 15.6 Å². The summed E-state index contributed by atoms with van der Waals surface area (Å²) >= 11 is 0. The third-order valence-electron chi connectivity index (χ3n) is 3.76. The van der Waals surface area contributed by atoms with Crippen LogP contribution in [-0.2, 0) is 22.6 Å². The minimum Gasteiger partial charge on any atom is -0.489 e. The van der Waals surface area contributed by atoms with Crippen LogP contribution < -0.4 is 15.8 Å². The van der Waals surface area contributed by atoms with Crippen molar-refractivity contribution < 1.29 is 24.5 Å². The van der Waals surface area contributed by atoms with Gasteiger partial charge in [-0.3, -0.25) is 4.79 Å². The Morgan fingerprint density at radius 2 is 1.69 bits per heavy atom. The van der Waals surface area contributed by atoms with E-state index < -0.39 is 30.6 Å². The lowest BCUT2D eigenvalue weighted by Gasteiger charge is -2.17. The van der Waals surface area contributed by atoms with E-state index in [-0.39, 0.29) is 6.42 Å². The Morgan fingerprint density at radius 3 is 2.27 bits per heavy atom. The first-order valence-corrected chi connectivity index (χ1v) is 8.15. The van der Waals surface area contributed by atoms with Gasteiger partial charge < -0.3 is 26.0 Å². The SMILES string of the molecule is NC(CO)C(=O)N[C@@H](Cc1ccc(OCc2ccccc2)cc1)C(=O)O. The van der Waals surface area contributed by atoms with E-state index in [1.54, 1.807) is 24.3 Å². The summed E-state index contributed by atoms with van der Waals surface area (Å²) in [5.41, 5.74) is 7.16. The van der Waals surface area contributed by atoms with Crippen molar-refractivity contribution in [1.29, 1.82) is 0 Å². The predicted octanol–water partition coefficient (Wildman–Crippen LogP) is 0.697. The highest BCUT2D eigenvalue weighted by Crippen LogP contribution is 2.15. The third kappa shape index (κ3) is 5.87. The summed E-state index contributed by atoms with van der Waals surface area (Å²) in [6, 6.07) is 14.4. The fraction of sp³-hybridized carbons (Fsp3) is 0.263. The van der Waals surface area contributed by atoms with Crippen molar-refractivity contribution in [2.75, 3.05) is 6.61 Å². The van der Waals surface area contributed by atoms with Gasteiger partial charge in [0.05, 0.1) is 6.61 Å². The van der Waals surface area contributed by atoms with Crippen molar-refractivity contribution in [3.05, 3.63) is 65.7 Å². The average molecular weight is 358 g/mol. The van der Waals surface area contributed by atoms with Gasteiger partial charge in [-0.2, -0.15) is 0 Å². The lowest BCUT2D eigenvalue weighted by atomic mass is 10.1. The van der Waals surface area contributed by atoms with Gasteiger partial charge >= 0.3 is 5.97 Å². The molecule has 26 heavy (non-hydrogen) atoms. The fourth-order valence-electron chi connectivity index (χ4n) is 2.26. The highest BCUT2D eigenvalue weighted by Gasteiger charge is 2.23. The molecule has 7 heteroatoms. The van der Waals surface area contributed by atoms with E-state index in [2.05, 4.69) is 5.32 Å². The van der Waals surface area contributed by atoms with E-state index >= 15 is 0 Å². The number of amides is 1. The molecule has 1 unspecified atom stereocenters. The Bertz CT molecular complexity index is 718. The number of carbonyl (C=O) groups excluding carboxylic acids is 1. The Balaban J connectivity index is 1.93. The second-order valence-corrected chi connectivity index (χ2v) is 5.81. The van der Waals surface area contributed by atoms with Gasteiger partial charge in [-0.25, -0.2) is 4.79 Å². The first-order chi connectivity index (χ1) is 12.5. The number of hydrogen-bond acceptors (Lipinski definition) is 5. The number of ether oxygens (including phenoxy) is 1. The molecule has 0 bridgehead atoms. The zero-order chi connectivity index (χ0) is 18.9. The van der Waals surface area contributed by atoms with Crippen molar-refractivity contribution in [2.24, 2.45) is 5.73 Å². The second kappa shape index (κ2) is 9.55. The molecule has 1 amide bonds. The van der Waals surface area contributed by atoms with Crippen LogP contribution >= 0.6 is 0 Å². The molecule has 2 atom stereocenters. The molecule has 2 rings (SSSR count). The van der Waals surface area contributed by atoms with Crippen LogP contribution in [0.5, 0.6) is 5.75 Å². The number of carboxylic acids is 1. The van der Waals surface area contributed by atoms with Crippen LogP contribution in [-0.4, -0.2) is 40.8 Å². The predicted molar refractivity (Wildman–Crippen MR) is 95.5 cm³/mol. The third-order valence-corrected chi connectivity index (χ3v) is 3.76. The van der Waals surface area contributed by atoms with Crippen LogP contribution in [0.2, 0.25) is 0 Å². The molecule has 7 nitrogen and oxygen atoms in total. The van der Waals surface area contributed by atoms with Gasteiger partial charge in [-0.15, -0.1) is 0 Å². The monoisotopic (exact) mass is 358 g/mol. The minimum absolute atomic E-state index is 0.0954. The molecule has 0 fully saturated rings. The number of hydrogen-bond donors (Lipinski definition) is 4. The Hall–Kier alpha value is -2.90. The smallest absolute Gasteiger partial charge is 0.326 e. The summed E-state index contributed by atoms with van der Waals surface area (Å²) in [6.07, 6.45) is 0.0954. The molecule has 0 heterocycles. The van der Waals surface area contributed by atoms with Crippen molar-refractivity contribution in [1.82, 2.24) is 5.32 Å². The van der Waals surface area contributed by atoms with Crippen LogP contribution in [0.15, 0.2) is 54.6 Å². The minimum atomic E-state index is -1.17. The zero-order valence-corrected chi connectivity index (χ0v) is 14.2. The number of aliphatic hydroxyl groups excluding tert-OH is 1. The van der Waals surface area contributed by atoms with E-state index in [1.165, 1.54) is 0 Å². The Morgan fingerprint density at radius 1 is 1.04 bits per heavy atom. The fourth-order valence-corrected chi connectivity index (χ4v) is 2.26. The van der Waals surface area contributed by atoms with E-state index in [9.17, 15) is 14.7 Å². The number of nitrogens with two attached hydrogens (primary N) is 1. The summed E-state index contributed by atoms with van der Waals surface area (Å²) in [7, 11) is 0. The number of rotatable bonds is 9. The van der Waals surface area contributed by atoms with Crippen molar-refractivity contribution in [3.63, 3.8) is 0 Å². The number of nitrogens with one attached hydrogen (secondary N) is 1. The largest absolute Gasteiger partial charge is 0.489 e. The van der Waals surface area contributed by atoms with Crippen molar-refractivity contribution in [3.8, 4) is 5.75 Å². The maximum absolute atomic E-state index is 11.7. The van der Waals surface area contributed by atoms with Crippen LogP contribution in [0, 0.1) is 0 Å². The Kier molecular flexibility index (Phi) is 7.13. The lowest BCUT2D eigenvalue weighted by Crippen LogP contribution is -2.50. The maximum Gasteiger partial charge on any atom is 0.326 e. The van der Waals surface area contributed by atoms with Gasteiger partial charge in [0.15, 0.2) is 0 Å². The van der Waals surface area contributed by atoms with Crippen molar-refractivity contribution in [2.45, 2.75) is 25.1 Å². The highest BCUT2D eigenvalue weighted by molar-refractivity contribution is 5.87. The van der Waals surface area contributed by atoms with Gasteiger partial charge in [-0.1, -0.05) is 42.5 Å². The maximum atomic E-state index is 11.7. The molecule has 0 saturated heterocycles. The van der Waals surface area contributed by atoms with Gasteiger partial charge in [0.1, 0.15) is 24.4 Å². The highest BCUT2D eigenvalue weighted by atomic mass is 16.5. The standard InChI is InChI=1S/C19H22N2O5/c20-16(11-22)18(23)21-17(19(24)25)10-13-6-8-15(9-7-13)26-12-14-4-2-1-3-5-14/h1-9,16-17,22H,10-12,20H2,(H,21,23)(H,24,25)/t16?,17-/m0/s1. The zero-order valence-electron chi connectivity index (χ0n) is 14.2. The molecule has 2 aromatic carbocycles. The summed E-state index contributed by atoms with van der Waals surface area (Å²) in [4.78, 5) is 23.0. The molecule has 0 aliphatic carbocycles. The lowest BCUT2D eigenvalue weighted by molar-refractivity contribution is -0.142. The molecule has 0 spiro atoms. The van der Waals surface area contributed by atoms with E-state index in [0.29, 0.717) is 12.4 Å². The Labute approximate surface area is 151 Å². The van der Waals surface area contributed by atoms with E-state index in [0.717, 1.165) is 11.1 Å². The summed E-state index contributed by atoms with van der Waals surface area (Å²) in [5.74, 6) is -1.22. The molecular formula is C19H22N2O5. The molecule has 5 N–H and O–H groups in total. The van der Waals surface area contributed by atoms with Gasteiger partial charge in [0.25, 0.3) is 0 Å². The molecule has 0 aliphatic rings. The van der Waals surface area contributed by atoms with Gasteiger partial charge in [0.2, 0.25) is 5.91 Å². The van der Waals surface area contributed by atoms with Crippen LogP contribution in [0.25, 0.3) is 0 Å². The first-order valence-electron chi connectivity index (χ1n) is 8.15.